The fourth-order valence-corrected chi connectivity index (χ4v) is 3.29. The Hall–Kier alpha value is -3.28. The molecule has 3 rings (SSSR count). The number of pyridine rings is 1. The first kappa shape index (κ1) is 16.6. The lowest BCUT2D eigenvalue weighted by Gasteiger charge is -2.11. The zero-order chi connectivity index (χ0) is 17.6. The number of ether oxygens (including phenoxy) is 1. The highest BCUT2D eigenvalue weighted by Gasteiger charge is 2.17. The Morgan fingerprint density at radius 1 is 0.960 bits per heavy atom. The maximum atomic E-state index is 9.72. The number of nitriles is 2. The van der Waals surface area contributed by atoms with E-state index in [0.29, 0.717) is 27.5 Å². The van der Waals surface area contributed by atoms with Crippen molar-refractivity contribution < 1.29 is 4.74 Å². The van der Waals surface area contributed by atoms with Crippen LogP contribution < -0.4 is 4.74 Å². The summed E-state index contributed by atoms with van der Waals surface area (Å²) in [6.07, 6.45) is 1.52. The fraction of sp³-hybridized carbons (Fsp3) is 0.0500. The first-order valence-corrected chi connectivity index (χ1v) is 8.29. The van der Waals surface area contributed by atoms with E-state index in [0.717, 1.165) is 10.5 Å². The minimum Gasteiger partial charge on any atom is -0.497 e. The van der Waals surface area contributed by atoms with E-state index in [9.17, 15) is 10.5 Å². The smallest absolute Gasteiger partial charge is 0.119 e. The highest BCUT2D eigenvalue weighted by Crippen LogP contribution is 2.36. The van der Waals surface area contributed by atoms with E-state index in [-0.39, 0.29) is 0 Å². The van der Waals surface area contributed by atoms with Gasteiger partial charge in [-0.05, 0) is 29.8 Å². The third kappa shape index (κ3) is 3.47. The van der Waals surface area contributed by atoms with Gasteiger partial charge in [-0.2, -0.15) is 10.5 Å². The first-order chi connectivity index (χ1) is 12.3. The van der Waals surface area contributed by atoms with Crippen LogP contribution in [0.2, 0.25) is 0 Å². The van der Waals surface area contributed by atoms with Gasteiger partial charge in [0.15, 0.2) is 0 Å². The number of hydrogen-bond donors (Lipinski definition) is 0. The SMILES string of the molecule is COc1ccc(-c2c(C#N)cnc(Sc3ccccc3)c2C#N)cc1. The van der Waals surface area contributed by atoms with E-state index < -0.39 is 0 Å². The van der Waals surface area contributed by atoms with E-state index in [1.54, 1.807) is 7.11 Å². The molecule has 0 fully saturated rings. The predicted octanol–water partition coefficient (Wildman–Crippen LogP) is 4.65. The number of aromatic nitrogens is 1. The summed E-state index contributed by atoms with van der Waals surface area (Å²) in [6, 6.07) is 21.4. The van der Waals surface area contributed by atoms with Crippen molar-refractivity contribution >= 4 is 11.8 Å². The van der Waals surface area contributed by atoms with Crippen LogP contribution in [0.15, 0.2) is 70.7 Å². The van der Waals surface area contributed by atoms with Gasteiger partial charge in [0.2, 0.25) is 0 Å². The Labute approximate surface area is 150 Å². The number of nitrogens with zero attached hydrogens (tertiary/aromatic N) is 3. The largest absolute Gasteiger partial charge is 0.497 e. The van der Waals surface area contributed by atoms with E-state index >= 15 is 0 Å². The molecule has 0 aliphatic heterocycles. The summed E-state index contributed by atoms with van der Waals surface area (Å²) in [5, 5.41) is 19.8. The molecule has 5 heteroatoms. The maximum absolute atomic E-state index is 9.72. The summed E-state index contributed by atoms with van der Waals surface area (Å²) in [5.74, 6) is 0.716. The number of hydrogen-bond acceptors (Lipinski definition) is 5. The van der Waals surface area contributed by atoms with Gasteiger partial charge in [0.05, 0.1) is 18.2 Å². The Balaban J connectivity index is 2.14. The summed E-state index contributed by atoms with van der Waals surface area (Å²) in [4.78, 5) is 5.31. The van der Waals surface area contributed by atoms with Crippen LogP contribution in [0.3, 0.4) is 0 Å². The van der Waals surface area contributed by atoms with Crippen molar-refractivity contribution in [2.24, 2.45) is 0 Å². The lowest BCUT2D eigenvalue weighted by molar-refractivity contribution is 0.415. The molecule has 0 saturated carbocycles. The second kappa shape index (κ2) is 7.53. The predicted molar refractivity (Wildman–Crippen MR) is 96.2 cm³/mol. The van der Waals surface area contributed by atoms with Crippen molar-refractivity contribution in [3.05, 3.63) is 71.9 Å². The van der Waals surface area contributed by atoms with Crippen molar-refractivity contribution in [3.8, 4) is 29.0 Å². The summed E-state index contributed by atoms with van der Waals surface area (Å²) in [6.45, 7) is 0. The lowest BCUT2D eigenvalue weighted by atomic mass is 9.98. The molecule has 0 N–H and O–H groups in total. The van der Waals surface area contributed by atoms with Gasteiger partial charge in [0.25, 0.3) is 0 Å². The standard InChI is InChI=1S/C20H13N3OS/c1-24-16-9-7-14(8-10-16)19-15(11-21)13-23-20(18(19)12-22)25-17-5-3-2-4-6-17/h2-10,13H,1H3. The molecule has 2 aromatic carbocycles. The average molecular weight is 343 g/mol. The molecular weight excluding hydrogens is 330 g/mol. The van der Waals surface area contributed by atoms with E-state index in [4.69, 9.17) is 4.74 Å². The highest BCUT2D eigenvalue weighted by molar-refractivity contribution is 7.99. The first-order valence-electron chi connectivity index (χ1n) is 7.47. The molecule has 0 unspecified atom stereocenters. The molecule has 0 amide bonds. The average Bonchev–Trinajstić information content (AvgIpc) is 2.68. The zero-order valence-electron chi connectivity index (χ0n) is 13.4. The van der Waals surface area contributed by atoms with Gasteiger partial charge in [-0.25, -0.2) is 4.98 Å². The fourth-order valence-electron chi connectivity index (χ4n) is 2.42. The molecule has 25 heavy (non-hydrogen) atoms. The van der Waals surface area contributed by atoms with E-state index in [1.807, 2.05) is 54.6 Å². The van der Waals surface area contributed by atoms with Gasteiger partial charge in [0.1, 0.15) is 22.9 Å². The molecule has 0 bridgehead atoms. The highest BCUT2D eigenvalue weighted by atomic mass is 32.2. The van der Waals surface area contributed by atoms with Crippen molar-refractivity contribution in [2.45, 2.75) is 9.92 Å². The van der Waals surface area contributed by atoms with Crippen molar-refractivity contribution in [1.82, 2.24) is 4.98 Å². The molecule has 0 spiro atoms. The van der Waals surface area contributed by atoms with Gasteiger partial charge in [-0.1, -0.05) is 42.1 Å². The van der Waals surface area contributed by atoms with Crippen molar-refractivity contribution in [3.63, 3.8) is 0 Å². The Kier molecular flexibility index (Phi) is 4.99. The summed E-state index contributed by atoms with van der Waals surface area (Å²) in [7, 11) is 1.59. The summed E-state index contributed by atoms with van der Waals surface area (Å²) < 4.78 is 5.17. The minimum atomic E-state index is 0.374. The summed E-state index contributed by atoms with van der Waals surface area (Å²) in [5.41, 5.74) is 2.16. The van der Waals surface area contributed by atoms with Crippen molar-refractivity contribution in [1.29, 1.82) is 10.5 Å². The van der Waals surface area contributed by atoms with Crippen LogP contribution in [0.25, 0.3) is 11.1 Å². The molecule has 0 atom stereocenters. The Morgan fingerprint density at radius 2 is 1.68 bits per heavy atom. The van der Waals surface area contributed by atoms with Crippen LogP contribution in [0.5, 0.6) is 5.75 Å². The molecule has 120 valence electrons. The molecule has 0 radical (unpaired) electrons. The maximum Gasteiger partial charge on any atom is 0.119 e. The molecule has 0 aliphatic carbocycles. The van der Waals surface area contributed by atoms with Crippen LogP contribution in [-0.2, 0) is 0 Å². The van der Waals surface area contributed by atoms with Crippen LogP contribution >= 0.6 is 11.8 Å². The monoisotopic (exact) mass is 343 g/mol. The van der Waals surface area contributed by atoms with Crippen molar-refractivity contribution in [2.75, 3.05) is 7.11 Å². The second-order valence-electron chi connectivity index (χ2n) is 5.09. The lowest BCUT2D eigenvalue weighted by Crippen LogP contribution is -1.96. The van der Waals surface area contributed by atoms with Crippen LogP contribution in [0, 0.1) is 22.7 Å². The molecule has 0 saturated heterocycles. The second-order valence-corrected chi connectivity index (χ2v) is 6.16. The molecular formula is C20H13N3OS. The van der Waals surface area contributed by atoms with E-state index in [1.165, 1.54) is 18.0 Å². The number of rotatable bonds is 4. The number of methoxy groups -OCH3 is 1. The zero-order valence-corrected chi connectivity index (χ0v) is 14.2. The van der Waals surface area contributed by atoms with Gasteiger partial charge in [-0.15, -0.1) is 0 Å². The van der Waals surface area contributed by atoms with Crippen LogP contribution in [0.4, 0.5) is 0 Å². The van der Waals surface area contributed by atoms with Crippen LogP contribution in [0.1, 0.15) is 11.1 Å². The normalized spacial score (nSPS) is 9.88. The third-order valence-electron chi connectivity index (χ3n) is 3.61. The molecule has 0 aliphatic rings. The topological polar surface area (TPSA) is 69.7 Å². The third-order valence-corrected chi connectivity index (χ3v) is 4.62. The molecule has 1 aromatic heterocycles. The Bertz CT molecular complexity index is 971. The van der Waals surface area contributed by atoms with Gasteiger partial charge >= 0.3 is 0 Å². The Morgan fingerprint density at radius 3 is 2.28 bits per heavy atom. The molecule has 4 nitrogen and oxygen atoms in total. The molecule has 1 heterocycles. The van der Waals surface area contributed by atoms with E-state index in [2.05, 4.69) is 17.1 Å². The van der Waals surface area contributed by atoms with Gasteiger partial charge < -0.3 is 4.74 Å². The molecule has 3 aromatic rings. The van der Waals surface area contributed by atoms with Gasteiger partial charge in [-0.3, -0.25) is 0 Å². The minimum absolute atomic E-state index is 0.374. The number of benzene rings is 2. The van der Waals surface area contributed by atoms with Gasteiger partial charge in [0, 0.05) is 16.7 Å². The van der Waals surface area contributed by atoms with Crippen LogP contribution in [-0.4, -0.2) is 12.1 Å². The summed E-state index contributed by atoms with van der Waals surface area (Å²) >= 11 is 1.41. The quantitative estimate of drug-likeness (QED) is 0.689.